The quantitative estimate of drug-likeness (QED) is 0.864. The molecule has 2 N–H and O–H groups in total. The Morgan fingerprint density at radius 1 is 1.05 bits per heavy atom. The molecule has 3 rings (SSSR count). The van der Waals surface area contributed by atoms with Crippen LogP contribution in [0.5, 0.6) is 0 Å². The van der Waals surface area contributed by atoms with Crippen LogP contribution in [-0.2, 0) is 0 Å². The zero-order valence-corrected chi connectivity index (χ0v) is 12.4. The second kappa shape index (κ2) is 5.81. The van der Waals surface area contributed by atoms with Gasteiger partial charge < -0.3 is 5.73 Å². The van der Waals surface area contributed by atoms with Crippen molar-refractivity contribution >= 4 is 23.0 Å². The largest absolute Gasteiger partial charge is 0.375 e. The second-order valence-electron chi connectivity index (χ2n) is 5.01. The summed E-state index contributed by atoms with van der Waals surface area (Å²) in [4.78, 5) is 0. The van der Waals surface area contributed by atoms with E-state index >= 15 is 0 Å². The number of benzene rings is 2. The number of hydrogen-bond donors (Lipinski definition) is 1. The number of hydrogen-bond acceptors (Lipinski definition) is 2. The van der Waals surface area contributed by atoms with E-state index in [4.69, 9.17) is 18.0 Å². The van der Waals surface area contributed by atoms with Gasteiger partial charge in [-0.05, 0) is 47.6 Å². The van der Waals surface area contributed by atoms with Gasteiger partial charge in [-0.2, -0.15) is 5.10 Å². The van der Waals surface area contributed by atoms with Crippen LogP contribution in [0.3, 0.4) is 0 Å². The molecule has 6 heteroatoms. The van der Waals surface area contributed by atoms with Crippen molar-refractivity contribution in [3.05, 3.63) is 71.3 Å². The van der Waals surface area contributed by atoms with E-state index in [0.717, 1.165) is 16.8 Å². The molecule has 1 aliphatic heterocycles. The van der Waals surface area contributed by atoms with Crippen molar-refractivity contribution in [1.29, 1.82) is 0 Å². The Bertz CT molecular complexity index is 726. The van der Waals surface area contributed by atoms with Crippen LogP contribution in [0, 0.1) is 11.6 Å². The van der Waals surface area contributed by atoms with Crippen molar-refractivity contribution < 1.29 is 8.78 Å². The minimum Gasteiger partial charge on any atom is -0.375 e. The van der Waals surface area contributed by atoms with Crippen LogP contribution in [-0.4, -0.2) is 15.8 Å². The molecule has 1 heterocycles. The van der Waals surface area contributed by atoms with Crippen LogP contribution < -0.4 is 5.73 Å². The summed E-state index contributed by atoms with van der Waals surface area (Å²) in [6, 6.07) is 12.1. The lowest BCUT2D eigenvalue weighted by atomic mass is 9.98. The van der Waals surface area contributed by atoms with Gasteiger partial charge in [0.1, 0.15) is 11.6 Å². The Kier molecular flexibility index (Phi) is 3.85. The number of hydrazone groups is 1. The van der Waals surface area contributed by atoms with Crippen LogP contribution in [0.1, 0.15) is 23.6 Å². The predicted octanol–water partition coefficient (Wildman–Crippen LogP) is 3.36. The fourth-order valence-corrected chi connectivity index (χ4v) is 2.64. The number of rotatable bonds is 2. The van der Waals surface area contributed by atoms with Crippen LogP contribution >= 0.6 is 12.2 Å². The highest BCUT2D eigenvalue weighted by Crippen LogP contribution is 2.32. The molecule has 0 fully saturated rings. The fourth-order valence-electron chi connectivity index (χ4n) is 2.47. The lowest BCUT2D eigenvalue weighted by Gasteiger charge is -2.21. The zero-order valence-electron chi connectivity index (χ0n) is 11.5. The molecule has 0 bridgehead atoms. The first-order chi connectivity index (χ1) is 10.5. The summed E-state index contributed by atoms with van der Waals surface area (Å²) in [5.74, 6) is -0.605. The summed E-state index contributed by atoms with van der Waals surface area (Å²) in [7, 11) is 0. The maximum atomic E-state index is 13.1. The average Bonchev–Trinajstić information content (AvgIpc) is 2.94. The van der Waals surface area contributed by atoms with E-state index in [1.54, 1.807) is 29.3 Å². The topological polar surface area (TPSA) is 41.6 Å². The molecule has 0 saturated carbocycles. The molecule has 0 radical (unpaired) electrons. The number of nitrogens with zero attached hydrogens (tertiary/aromatic N) is 2. The van der Waals surface area contributed by atoms with Gasteiger partial charge in [-0.25, -0.2) is 13.8 Å². The Hall–Kier alpha value is -2.34. The molecule has 1 aliphatic rings. The van der Waals surface area contributed by atoms with Gasteiger partial charge in [0.05, 0.1) is 11.8 Å². The highest BCUT2D eigenvalue weighted by atomic mass is 32.1. The van der Waals surface area contributed by atoms with Crippen LogP contribution in [0.25, 0.3) is 0 Å². The molecule has 0 aliphatic carbocycles. The minimum absolute atomic E-state index is 0.145. The SMILES string of the molecule is NC(=S)N1N=C(c2ccc(F)cc2)CC1c1ccc(F)cc1. The van der Waals surface area contributed by atoms with Crippen molar-refractivity contribution in [2.24, 2.45) is 10.8 Å². The summed E-state index contributed by atoms with van der Waals surface area (Å²) < 4.78 is 26.1. The molecule has 1 atom stereocenters. The van der Waals surface area contributed by atoms with Gasteiger partial charge >= 0.3 is 0 Å². The number of nitrogens with two attached hydrogens (primary N) is 1. The van der Waals surface area contributed by atoms with Gasteiger partial charge in [0.15, 0.2) is 5.11 Å². The third-order valence-electron chi connectivity index (χ3n) is 3.57. The van der Waals surface area contributed by atoms with Crippen molar-refractivity contribution in [1.82, 2.24) is 5.01 Å². The zero-order chi connectivity index (χ0) is 15.7. The lowest BCUT2D eigenvalue weighted by Crippen LogP contribution is -2.31. The average molecular weight is 317 g/mol. The summed E-state index contributed by atoms with van der Waals surface area (Å²) >= 11 is 5.04. The van der Waals surface area contributed by atoms with Crippen LogP contribution in [0.2, 0.25) is 0 Å². The predicted molar refractivity (Wildman–Crippen MR) is 85.3 cm³/mol. The molecule has 2 aromatic rings. The molecular weight excluding hydrogens is 304 g/mol. The summed E-state index contributed by atoms with van der Waals surface area (Å²) in [5, 5.41) is 6.12. The molecule has 1 unspecified atom stereocenters. The van der Waals surface area contributed by atoms with E-state index in [-0.39, 0.29) is 22.8 Å². The summed E-state index contributed by atoms with van der Waals surface area (Å²) in [6.07, 6.45) is 0.564. The maximum absolute atomic E-state index is 13.1. The van der Waals surface area contributed by atoms with Gasteiger partial charge in [0.2, 0.25) is 0 Å². The molecule has 0 spiro atoms. The first-order valence-electron chi connectivity index (χ1n) is 6.72. The summed E-state index contributed by atoms with van der Waals surface area (Å²) in [6.45, 7) is 0. The third kappa shape index (κ3) is 2.82. The van der Waals surface area contributed by atoms with E-state index in [9.17, 15) is 8.78 Å². The molecule has 3 nitrogen and oxygen atoms in total. The van der Waals surface area contributed by atoms with E-state index in [1.165, 1.54) is 24.3 Å². The first kappa shape index (κ1) is 14.6. The minimum atomic E-state index is -0.303. The smallest absolute Gasteiger partial charge is 0.187 e. The Morgan fingerprint density at radius 2 is 1.59 bits per heavy atom. The molecular formula is C16H13F2N3S. The molecule has 2 aromatic carbocycles. The van der Waals surface area contributed by atoms with E-state index in [2.05, 4.69) is 5.10 Å². The van der Waals surface area contributed by atoms with E-state index in [0.29, 0.717) is 6.42 Å². The normalized spacial score (nSPS) is 17.5. The second-order valence-corrected chi connectivity index (χ2v) is 5.43. The number of halogens is 2. The van der Waals surface area contributed by atoms with Crippen molar-refractivity contribution in [2.45, 2.75) is 12.5 Å². The molecule has 22 heavy (non-hydrogen) atoms. The Labute approximate surface area is 132 Å². The Balaban J connectivity index is 1.92. The third-order valence-corrected chi connectivity index (χ3v) is 3.76. The molecule has 112 valence electrons. The number of thiocarbonyl (C=S) groups is 1. The van der Waals surface area contributed by atoms with Crippen LogP contribution in [0.15, 0.2) is 53.6 Å². The highest BCUT2D eigenvalue weighted by molar-refractivity contribution is 7.80. The lowest BCUT2D eigenvalue weighted by molar-refractivity contribution is 0.372. The summed E-state index contributed by atoms with van der Waals surface area (Å²) in [5.41, 5.74) is 8.18. The van der Waals surface area contributed by atoms with Gasteiger partial charge in [-0.3, -0.25) is 0 Å². The monoisotopic (exact) mass is 317 g/mol. The first-order valence-corrected chi connectivity index (χ1v) is 7.13. The van der Waals surface area contributed by atoms with Crippen molar-refractivity contribution in [3.8, 4) is 0 Å². The van der Waals surface area contributed by atoms with Gasteiger partial charge in [0.25, 0.3) is 0 Å². The Morgan fingerprint density at radius 3 is 2.14 bits per heavy atom. The maximum Gasteiger partial charge on any atom is 0.187 e. The van der Waals surface area contributed by atoms with E-state index < -0.39 is 0 Å². The molecule has 0 amide bonds. The van der Waals surface area contributed by atoms with Gasteiger partial charge in [-0.1, -0.05) is 24.3 Å². The van der Waals surface area contributed by atoms with Crippen LogP contribution in [0.4, 0.5) is 8.78 Å². The van der Waals surface area contributed by atoms with E-state index in [1.807, 2.05) is 0 Å². The van der Waals surface area contributed by atoms with Gasteiger partial charge in [-0.15, -0.1) is 0 Å². The fraction of sp³-hybridized carbons (Fsp3) is 0.125. The molecule has 0 aromatic heterocycles. The highest BCUT2D eigenvalue weighted by Gasteiger charge is 2.30. The van der Waals surface area contributed by atoms with Crippen molar-refractivity contribution in [3.63, 3.8) is 0 Å². The standard InChI is InChI=1S/C16H13F2N3S/c17-12-5-1-10(2-6-12)14-9-15(21(20-14)16(19)22)11-3-7-13(18)8-4-11/h1-8,15H,9H2,(H2,19,22). The van der Waals surface area contributed by atoms with Crippen molar-refractivity contribution in [2.75, 3.05) is 0 Å². The molecule has 0 saturated heterocycles. The van der Waals surface area contributed by atoms with Gasteiger partial charge in [0, 0.05) is 6.42 Å².